The molecule has 0 spiro atoms. The lowest BCUT2D eigenvalue weighted by atomic mass is 10.1. The van der Waals surface area contributed by atoms with E-state index in [1.165, 1.54) is 12.8 Å². The van der Waals surface area contributed by atoms with Gasteiger partial charge in [0.25, 0.3) is 5.91 Å². The molecule has 0 aromatic heterocycles. The van der Waals surface area contributed by atoms with Gasteiger partial charge in [0.15, 0.2) is 6.61 Å². The largest absolute Gasteiger partial charge is 0.462 e. The minimum atomic E-state index is -0.406. The molecule has 1 N–H and O–H groups in total. The summed E-state index contributed by atoms with van der Waals surface area (Å²) in [5, 5.41) is 2.62. The summed E-state index contributed by atoms with van der Waals surface area (Å²) < 4.78 is 9.89. The molecule has 1 aliphatic carbocycles. The summed E-state index contributed by atoms with van der Waals surface area (Å²) in [6.45, 7) is 1.75. The molecule has 24 heavy (non-hydrogen) atoms. The van der Waals surface area contributed by atoms with Crippen LogP contribution in [0.15, 0.2) is 24.3 Å². The molecule has 0 radical (unpaired) electrons. The molecule has 1 fully saturated rings. The molecule has 2 rings (SSSR count). The Morgan fingerprint density at radius 3 is 2.38 bits per heavy atom. The van der Waals surface area contributed by atoms with Crippen LogP contribution in [0.25, 0.3) is 0 Å². The number of rotatable bonds is 7. The lowest BCUT2D eigenvalue weighted by Crippen LogP contribution is -2.21. The number of hydrogen-bond donors (Lipinski definition) is 1. The first-order chi connectivity index (χ1) is 11.6. The van der Waals surface area contributed by atoms with Gasteiger partial charge in [0, 0.05) is 12.1 Å². The maximum Gasteiger partial charge on any atom is 0.338 e. The first kappa shape index (κ1) is 18.0. The van der Waals surface area contributed by atoms with Crippen molar-refractivity contribution in [1.29, 1.82) is 0 Å². The Labute approximate surface area is 141 Å². The van der Waals surface area contributed by atoms with Crippen LogP contribution in [-0.2, 0) is 19.1 Å². The highest BCUT2D eigenvalue weighted by Gasteiger charge is 2.19. The van der Waals surface area contributed by atoms with Crippen molar-refractivity contribution in [3.63, 3.8) is 0 Å². The number of carbonyl (C=O) groups excluding carboxylic acids is 3. The van der Waals surface area contributed by atoms with Crippen LogP contribution in [0.5, 0.6) is 0 Å². The summed E-state index contributed by atoms with van der Waals surface area (Å²) in [7, 11) is 0. The van der Waals surface area contributed by atoms with Gasteiger partial charge in [-0.2, -0.15) is 0 Å². The first-order valence-corrected chi connectivity index (χ1v) is 8.31. The van der Waals surface area contributed by atoms with Crippen LogP contribution in [0.1, 0.15) is 49.4 Å². The molecular weight excluding hydrogens is 310 g/mol. The number of esters is 2. The molecule has 1 aromatic carbocycles. The van der Waals surface area contributed by atoms with E-state index < -0.39 is 11.9 Å². The van der Waals surface area contributed by atoms with Crippen molar-refractivity contribution in [2.75, 3.05) is 18.5 Å². The van der Waals surface area contributed by atoms with Crippen molar-refractivity contribution in [3.8, 4) is 0 Å². The van der Waals surface area contributed by atoms with E-state index in [1.807, 2.05) is 0 Å². The fourth-order valence-electron chi connectivity index (χ4n) is 2.76. The standard InChI is InChI=1S/C18H23NO5/c1-2-23-18(22)14-7-9-15(10-8-14)19-16(20)12-24-17(21)11-13-5-3-4-6-13/h7-10,13H,2-6,11-12H2,1H3,(H,19,20). The lowest BCUT2D eigenvalue weighted by Gasteiger charge is -2.09. The van der Waals surface area contributed by atoms with E-state index in [1.54, 1.807) is 31.2 Å². The molecule has 0 bridgehead atoms. The van der Waals surface area contributed by atoms with E-state index in [-0.39, 0.29) is 12.6 Å². The second kappa shape index (κ2) is 9.05. The molecule has 1 amide bonds. The fraction of sp³-hybridized carbons (Fsp3) is 0.500. The Morgan fingerprint density at radius 2 is 1.75 bits per heavy atom. The molecule has 0 saturated heterocycles. The Morgan fingerprint density at radius 1 is 1.08 bits per heavy atom. The van der Waals surface area contributed by atoms with Crippen LogP contribution in [0.2, 0.25) is 0 Å². The third-order valence-corrected chi connectivity index (χ3v) is 3.97. The number of amides is 1. The highest BCUT2D eigenvalue weighted by Crippen LogP contribution is 2.27. The van der Waals surface area contributed by atoms with Crippen molar-refractivity contribution >= 4 is 23.5 Å². The van der Waals surface area contributed by atoms with Gasteiger partial charge in [0.05, 0.1) is 12.2 Å². The summed E-state index contributed by atoms with van der Waals surface area (Å²) in [5.41, 5.74) is 0.942. The van der Waals surface area contributed by atoms with E-state index in [0.717, 1.165) is 12.8 Å². The third-order valence-electron chi connectivity index (χ3n) is 3.97. The highest BCUT2D eigenvalue weighted by molar-refractivity contribution is 5.94. The summed E-state index contributed by atoms with van der Waals surface area (Å²) in [6, 6.07) is 6.34. The van der Waals surface area contributed by atoms with Crippen LogP contribution in [0, 0.1) is 5.92 Å². The number of benzene rings is 1. The van der Waals surface area contributed by atoms with Gasteiger partial charge in [-0.15, -0.1) is 0 Å². The highest BCUT2D eigenvalue weighted by atomic mass is 16.5. The zero-order chi connectivity index (χ0) is 17.4. The normalized spacial score (nSPS) is 14.2. The minimum Gasteiger partial charge on any atom is -0.462 e. The SMILES string of the molecule is CCOC(=O)c1ccc(NC(=O)COC(=O)CC2CCCC2)cc1. The summed E-state index contributed by atoms with van der Waals surface area (Å²) in [5.74, 6) is -0.736. The molecule has 130 valence electrons. The molecule has 6 heteroatoms. The van der Waals surface area contributed by atoms with E-state index in [4.69, 9.17) is 9.47 Å². The zero-order valence-corrected chi connectivity index (χ0v) is 13.9. The smallest absolute Gasteiger partial charge is 0.338 e. The summed E-state index contributed by atoms with van der Waals surface area (Å²) >= 11 is 0. The molecule has 1 saturated carbocycles. The van der Waals surface area contributed by atoms with E-state index in [9.17, 15) is 14.4 Å². The van der Waals surface area contributed by atoms with Crippen LogP contribution >= 0.6 is 0 Å². The average molecular weight is 333 g/mol. The van der Waals surface area contributed by atoms with E-state index >= 15 is 0 Å². The summed E-state index contributed by atoms with van der Waals surface area (Å²) in [6.07, 6.45) is 4.85. The van der Waals surface area contributed by atoms with E-state index in [0.29, 0.717) is 30.2 Å². The van der Waals surface area contributed by atoms with Crippen molar-refractivity contribution in [3.05, 3.63) is 29.8 Å². The van der Waals surface area contributed by atoms with Gasteiger partial charge >= 0.3 is 11.9 Å². The molecule has 6 nitrogen and oxygen atoms in total. The maximum absolute atomic E-state index is 11.8. The number of hydrogen-bond acceptors (Lipinski definition) is 5. The van der Waals surface area contributed by atoms with Gasteiger partial charge in [-0.3, -0.25) is 9.59 Å². The number of ether oxygens (including phenoxy) is 2. The Hall–Kier alpha value is -2.37. The fourth-order valence-corrected chi connectivity index (χ4v) is 2.76. The van der Waals surface area contributed by atoms with Crippen molar-refractivity contribution < 1.29 is 23.9 Å². The second-order valence-electron chi connectivity index (χ2n) is 5.86. The number of nitrogens with one attached hydrogen (secondary N) is 1. The van der Waals surface area contributed by atoms with Gasteiger partial charge in [-0.25, -0.2) is 4.79 Å². The Balaban J connectivity index is 1.73. The van der Waals surface area contributed by atoms with E-state index in [2.05, 4.69) is 5.32 Å². The zero-order valence-electron chi connectivity index (χ0n) is 13.9. The summed E-state index contributed by atoms with van der Waals surface area (Å²) in [4.78, 5) is 35.0. The average Bonchev–Trinajstić information content (AvgIpc) is 3.07. The van der Waals surface area contributed by atoms with Gasteiger partial charge in [0.1, 0.15) is 0 Å². The third kappa shape index (κ3) is 5.68. The van der Waals surface area contributed by atoms with Crippen molar-refractivity contribution in [2.24, 2.45) is 5.92 Å². The van der Waals surface area contributed by atoms with Crippen molar-refractivity contribution in [1.82, 2.24) is 0 Å². The second-order valence-corrected chi connectivity index (χ2v) is 5.86. The monoisotopic (exact) mass is 333 g/mol. The Bertz CT molecular complexity index is 576. The van der Waals surface area contributed by atoms with Crippen LogP contribution in [-0.4, -0.2) is 31.1 Å². The molecule has 0 unspecified atom stereocenters. The minimum absolute atomic E-state index is 0.300. The predicted molar refractivity (Wildman–Crippen MR) is 88.6 cm³/mol. The number of anilines is 1. The predicted octanol–water partition coefficient (Wildman–Crippen LogP) is 2.93. The lowest BCUT2D eigenvalue weighted by molar-refractivity contribution is -0.148. The first-order valence-electron chi connectivity index (χ1n) is 8.31. The molecular formula is C18H23NO5. The van der Waals surface area contributed by atoms with Gasteiger partial charge in [0.2, 0.25) is 0 Å². The molecule has 0 heterocycles. The topological polar surface area (TPSA) is 81.7 Å². The maximum atomic E-state index is 11.8. The van der Waals surface area contributed by atoms with Crippen molar-refractivity contribution in [2.45, 2.75) is 39.0 Å². The van der Waals surface area contributed by atoms with Gasteiger partial charge in [-0.05, 0) is 49.9 Å². The molecule has 1 aliphatic rings. The number of carbonyl (C=O) groups is 3. The van der Waals surface area contributed by atoms with Crippen LogP contribution < -0.4 is 5.32 Å². The van der Waals surface area contributed by atoms with Gasteiger partial charge < -0.3 is 14.8 Å². The van der Waals surface area contributed by atoms with Crippen LogP contribution in [0.4, 0.5) is 5.69 Å². The quantitative estimate of drug-likeness (QED) is 0.776. The molecule has 0 aliphatic heterocycles. The van der Waals surface area contributed by atoms with Crippen LogP contribution in [0.3, 0.4) is 0 Å². The molecule has 1 aromatic rings. The Kier molecular flexibility index (Phi) is 6.78. The van der Waals surface area contributed by atoms with Gasteiger partial charge in [-0.1, -0.05) is 12.8 Å². The molecule has 0 atom stereocenters.